The fourth-order valence-electron chi connectivity index (χ4n) is 1.56. The first kappa shape index (κ1) is 11.7. The van der Waals surface area contributed by atoms with Crippen LogP contribution < -0.4 is 5.73 Å². The van der Waals surface area contributed by atoms with E-state index in [4.69, 9.17) is 10.8 Å². The van der Waals surface area contributed by atoms with E-state index in [1.54, 1.807) is 0 Å². The number of aryl methyl sites for hydroxylation is 3. The van der Waals surface area contributed by atoms with Crippen molar-refractivity contribution < 1.29 is 9.90 Å². The summed E-state index contributed by atoms with van der Waals surface area (Å²) in [5.74, 6) is -0.931. The summed E-state index contributed by atoms with van der Waals surface area (Å²) in [4.78, 5) is 10.5. The Morgan fingerprint density at radius 1 is 1.47 bits per heavy atom. The molecule has 1 atom stereocenters. The van der Waals surface area contributed by atoms with Crippen LogP contribution in [0.3, 0.4) is 0 Å². The number of carboxylic acids is 1. The largest absolute Gasteiger partial charge is 0.480 e. The Hall–Kier alpha value is -1.35. The molecule has 0 unspecified atom stereocenters. The third-order valence-corrected chi connectivity index (χ3v) is 2.54. The van der Waals surface area contributed by atoms with Crippen molar-refractivity contribution in [2.75, 3.05) is 0 Å². The molecular weight excluding hydrogens is 190 g/mol. The van der Waals surface area contributed by atoms with Gasteiger partial charge in [-0.2, -0.15) is 0 Å². The molecule has 0 heterocycles. The molecule has 0 saturated heterocycles. The van der Waals surface area contributed by atoms with E-state index in [0.29, 0.717) is 6.42 Å². The van der Waals surface area contributed by atoms with Crippen molar-refractivity contribution in [3.8, 4) is 0 Å². The van der Waals surface area contributed by atoms with Gasteiger partial charge in [-0.1, -0.05) is 23.8 Å². The van der Waals surface area contributed by atoms with Crippen LogP contribution in [0.15, 0.2) is 18.2 Å². The van der Waals surface area contributed by atoms with Crippen LogP contribution >= 0.6 is 0 Å². The molecule has 1 aromatic carbocycles. The lowest BCUT2D eigenvalue weighted by molar-refractivity contribution is -0.138. The third-order valence-electron chi connectivity index (χ3n) is 2.54. The molecule has 0 saturated carbocycles. The van der Waals surface area contributed by atoms with Crippen molar-refractivity contribution in [1.82, 2.24) is 0 Å². The van der Waals surface area contributed by atoms with E-state index in [0.717, 1.165) is 6.42 Å². The fraction of sp³-hybridized carbons (Fsp3) is 0.417. The SMILES string of the molecule is Cc1ccc(CC[C@H](N)C(=O)O)c(C)c1. The standard InChI is InChI=1S/C12H17NO2/c1-8-3-4-10(9(2)7-8)5-6-11(13)12(14)15/h3-4,7,11H,5-6,13H2,1-2H3,(H,14,15)/t11-/m0/s1. The van der Waals surface area contributed by atoms with Crippen molar-refractivity contribution in [3.05, 3.63) is 34.9 Å². The number of hydrogen-bond acceptors (Lipinski definition) is 2. The summed E-state index contributed by atoms with van der Waals surface area (Å²) in [5, 5.41) is 8.65. The molecule has 3 nitrogen and oxygen atoms in total. The highest BCUT2D eigenvalue weighted by molar-refractivity contribution is 5.73. The normalized spacial score (nSPS) is 12.5. The van der Waals surface area contributed by atoms with Crippen molar-refractivity contribution in [2.45, 2.75) is 32.7 Å². The van der Waals surface area contributed by atoms with Crippen molar-refractivity contribution >= 4 is 5.97 Å². The van der Waals surface area contributed by atoms with Gasteiger partial charge in [0.25, 0.3) is 0 Å². The zero-order valence-corrected chi connectivity index (χ0v) is 9.16. The van der Waals surface area contributed by atoms with Gasteiger partial charge in [-0.15, -0.1) is 0 Å². The lowest BCUT2D eigenvalue weighted by Gasteiger charge is -2.09. The number of hydrogen-bond donors (Lipinski definition) is 2. The first-order valence-electron chi connectivity index (χ1n) is 5.05. The Kier molecular flexibility index (Phi) is 3.86. The maximum Gasteiger partial charge on any atom is 0.320 e. The second kappa shape index (κ2) is 4.94. The van der Waals surface area contributed by atoms with E-state index in [2.05, 4.69) is 6.07 Å². The molecule has 0 aliphatic rings. The van der Waals surface area contributed by atoms with Gasteiger partial charge in [0, 0.05) is 0 Å². The van der Waals surface area contributed by atoms with Crippen LogP contribution in [0.2, 0.25) is 0 Å². The number of aliphatic carboxylic acids is 1. The summed E-state index contributed by atoms with van der Waals surface area (Å²) >= 11 is 0. The topological polar surface area (TPSA) is 63.3 Å². The summed E-state index contributed by atoms with van der Waals surface area (Å²) in [5.41, 5.74) is 9.05. The molecular formula is C12H17NO2. The van der Waals surface area contributed by atoms with E-state index in [-0.39, 0.29) is 0 Å². The van der Waals surface area contributed by atoms with Crippen molar-refractivity contribution in [3.63, 3.8) is 0 Å². The highest BCUT2D eigenvalue weighted by atomic mass is 16.4. The summed E-state index contributed by atoms with van der Waals surface area (Å²) in [6.45, 7) is 4.08. The van der Waals surface area contributed by atoms with Crippen LogP contribution in [0.5, 0.6) is 0 Å². The maximum absolute atomic E-state index is 10.5. The monoisotopic (exact) mass is 207 g/mol. The number of benzene rings is 1. The highest BCUT2D eigenvalue weighted by Gasteiger charge is 2.11. The highest BCUT2D eigenvalue weighted by Crippen LogP contribution is 2.13. The van der Waals surface area contributed by atoms with Crippen LogP contribution in [-0.4, -0.2) is 17.1 Å². The lowest BCUT2D eigenvalue weighted by atomic mass is 9.99. The Balaban J connectivity index is 2.62. The van der Waals surface area contributed by atoms with E-state index < -0.39 is 12.0 Å². The Labute approximate surface area is 89.9 Å². The van der Waals surface area contributed by atoms with Gasteiger partial charge in [0.05, 0.1) is 0 Å². The summed E-state index contributed by atoms with van der Waals surface area (Å²) < 4.78 is 0. The van der Waals surface area contributed by atoms with Crippen LogP contribution in [0.25, 0.3) is 0 Å². The second-order valence-electron chi connectivity index (χ2n) is 3.91. The van der Waals surface area contributed by atoms with E-state index in [1.807, 2.05) is 26.0 Å². The minimum absolute atomic E-state index is 0.485. The third kappa shape index (κ3) is 3.36. The molecule has 0 aliphatic heterocycles. The molecule has 0 spiro atoms. The zero-order valence-electron chi connectivity index (χ0n) is 9.16. The quantitative estimate of drug-likeness (QED) is 0.789. The Morgan fingerprint density at radius 2 is 2.13 bits per heavy atom. The predicted octanol–water partition coefficient (Wildman–Crippen LogP) is 1.65. The number of rotatable bonds is 4. The molecule has 3 N–H and O–H groups in total. The van der Waals surface area contributed by atoms with E-state index in [9.17, 15) is 4.79 Å². The lowest BCUT2D eigenvalue weighted by Crippen LogP contribution is -2.30. The molecule has 3 heteroatoms. The maximum atomic E-state index is 10.5. The Morgan fingerprint density at radius 3 is 2.67 bits per heavy atom. The van der Waals surface area contributed by atoms with Gasteiger partial charge >= 0.3 is 5.97 Å². The summed E-state index contributed by atoms with van der Waals surface area (Å²) in [6, 6.07) is 5.42. The minimum Gasteiger partial charge on any atom is -0.480 e. The molecule has 0 aliphatic carbocycles. The minimum atomic E-state index is -0.931. The molecule has 82 valence electrons. The van der Waals surface area contributed by atoms with Gasteiger partial charge in [-0.05, 0) is 37.8 Å². The molecule has 0 amide bonds. The molecule has 1 rings (SSSR count). The number of nitrogens with two attached hydrogens (primary N) is 1. The van der Waals surface area contributed by atoms with Crippen LogP contribution in [0, 0.1) is 13.8 Å². The van der Waals surface area contributed by atoms with Gasteiger partial charge in [-0.25, -0.2) is 0 Å². The first-order valence-corrected chi connectivity index (χ1v) is 5.05. The van der Waals surface area contributed by atoms with Gasteiger partial charge < -0.3 is 10.8 Å². The smallest absolute Gasteiger partial charge is 0.320 e. The predicted molar refractivity (Wildman–Crippen MR) is 59.8 cm³/mol. The first-order chi connectivity index (χ1) is 7.00. The summed E-state index contributed by atoms with van der Waals surface area (Å²) in [7, 11) is 0. The molecule has 1 aromatic rings. The Bertz CT molecular complexity index is 361. The van der Waals surface area contributed by atoms with E-state index in [1.165, 1.54) is 16.7 Å². The van der Waals surface area contributed by atoms with Crippen molar-refractivity contribution in [2.24, 2.45) is 5.73 Å². The number of carboxylic acid groups (broad SMARTS) is 1. The van der Waals surface area contributed by atoms with Crippen molar-refractivity contribution in [1.29, 1.82) is 0 Å². The molecule has 0 bridgehead atoms. The van der Waals surface area contributed by atoms with Gasteiger partial charge in [0.2, 0.25) is 0 Å². The summed E-state index contributed by atoms with van der Waals surface area (Å²) in [6.07, 6.45) is 1.21. The molecule has 15 heavy (non-hydrogen) atoms. The molecule has 0 fully saturated rings. The van der Waals surface area contributed by atoms with Gasteiger partial charge in [0.1, 0.15) is 6.04 Å². The van der Waals surface area contributed by atoms with E-state index >= 15 is 0 Å². The number of carbonyl (C=O) groups is 1. The van der Waals surface area contributed by atoms with Crippen LogP contribution in [0.1, 0.15) is 23.1 Å². The average molecular weight is 207 g/mol. The average Bonchev–Trinajstić information content (AvgIpc) is 2.15. The second-order valence-corrected chi connectivity index (χ2v) is 3.91. The molecule has 0 radical (unpaired) electrons. The van der Waals surface area contributed by atoms with Gasteiger partial charge in [0.15, 0.2) is 0 Å². The van der Waals surface area contributed by atoms with Crippen LogP contribution in [-0.2, 0) is 11.2 Å². The zero-order chi connectivity index (χ0) is 11.4. The fourth-order valence-corrected chi connectivity index (χ4v) is 1.56. The van der Waals surface area contributed by atoms with Gasteiger partial charge in [-0.3, -0.25) is 4.79 Å². The molecule has 0 aromatic heterocycles. The van der Waals surface area contributed by atoms with Crippen LogP contribution in [0.4, 0.5) is 0 Å².